The largest absolute Gasteiger partial charge is 0.493 e. The van der Waals surface area contributed by atoms with Crippen molar-refractivity contribution in [1.29, 1.82) is 0 Å². The molecule has 0 bridgehead atoms. The Morgan fingerprint density at radius 2 is 2.07 bits per heavy atom. The van der Waals surface area contributed by atoms with Crippen molar-refractivity contribution in [2.45, 2.75) is 18.9 Å². The monoisotopic (exact) mass is 381 g/mol. The molecule has 0 aliphatic carbocycles. The molecule has 2 aromatic heterocycles. The van der Waals surface area contributed by atoms with Gasteiger partial charge in [-0.1, -0.05) is 12.1 Å². The number of hydrogen-bond acceptors (Lipinski definition) is 7. The minimum Gasteiger partial charge on any atom is -0.493 e. The van der Waals surface area contributed by atoms with E-state index in [9.17, 15) is 9.59 Å². The van der Waals surface area contributed by atoms with E-state index in [0.29, 0.717) is 48.5 Å². The Balaban J connectivity index is 1.48. The van der Waals surface area contributed by atoms with Gasteiger partial charge in [0.05, 0.1) is 7.11 Å². The number of para-hydroxylation sites is 1. The Labute approximate surface area is 160 Å². The minimum absolute atomic E-state index is 0.0240. The molecule has 1 aliphatic heterocycles. The number of piperidine rings is 1. The number of ether oxygens (including phenoxy) is 2. The standard InChI is InChI=1S/C20H19N3O5/c1-26-16-4-2-3-13-11-15(20(25)28-18(13)16)19(24)23-9-6-14(7-10-23)27-17-5-8-21-12-22-17/h2-5,8,11-12,14H,6-7,9-10H2,1H3. The molecule has 1 fully saturated rings. The van der Waals surface area contributed by atoms with Gasteiger partial charge in [-0.15, -0.1) is 0 Å². The molecule has 1 saturated heterocycles. The summed E-state index contributed by atoms with van der Waals surface area (Å²) in [6, 6.07) is 8.53. The third-order valence-corrected chi connectivity index (χ3v) is 4.75. The van der Waals surface area contributed by atoms with Crippen LogP contribution in [-0.2, 0) is 0 Å². The van der Waals surface area contributed by atoms with E-state index in [1.807, 2.05) is 0 Å². The number of rotatable bonds is 4. The van der Waals surface area contributed by atoms with Gasteiger partial charge in [0.15, 0.2) is 11.3 Å². The zero-order valence-electron chi connectivity index (χ0n) is 15.3. The Kier molecular flexibility index (Phi) is 4.92. The summed E-state index contributed by atoms with van der Waals surface area (Å²) in [5.74, 6) is 0.638. The molecule has 3 heterocycles. The summed E-state index contributed by atoms with van der Waals surface area (Å²) in [4.78, 5) is 34.8. The first-order valence-electron chi connectivity index (χ1n) is 8.98. The van der Waals surface area contributed by atoms with Crippen molar-refractivity contribution in [1.82, 2.24) is 14.9 Å². The molecule has 4 rings (SSSR count). The molecular formula is C20H19N3O5. The topological polar surface area (TPSA) is 94.8 Å². The lowest BCUT2D eigenvalue weighted by Crippen LogP contribution is -2.43. The summed E-state index contributed by atoms with van der Waals surface area (Å²) in [5.41, 5.74) is -0.305. The second kappa shape index (κ2) is 7.67. The van der Waals surface area contributed by atoms with Crippen LogP contribution in [0.4, 0.5) is 0 Å². The molecule has 8 heteroatoms. The first-order chi connectivity index (χ1) is 13.7. The van der Waals surface area contributed by atoms with Crippen LogP contribution in [0.1, 0.15) is 23.2 Å². The summed E-state index contributed by atoms with van der Waals surface area (Å²) in [6.07, 6.45) is 4.33. The third kappa shape index (κ3) is 3.53. The number of carbonyl (C=O) groups is 1. The van der Waals surface area contributed by atoms with Gasteiger partial charge in [-0.05, 0) is 12.1 Å². The van der Waals surface area contributed by atoms with E-state index in [1.54, 1.807) is 41.4 Å². The van der Waals surface area contributed by atoms with Crippen LogP contribution in [0, 0.1) is 0 Å². The van der Waals surface area contributed by atoms with Crippen LogP contribution < -0.4 is 15.1 Å². The lowest BCUT2D eigenvalue weighted by molar-refractivity contribution is 0.0584. The summed E-state index contributed by atoms with van der Waals surface area (Å²) >= 11 is 0. The Bertz CT molecular complexity index is 1040. The van der Waals surface area contributed by atoms with Gasteiger partial charge < -0.3 is 18.8 Å². The molecule has 0 unspecified atom stereocenters. The number of benzene rings is 1. The Hall–Kier alpha value is -3.42. The maximum absolute atomic E-state index is 12.9. The Morgan fingerprint density at radius 1 is 1.25 bits per heavy atom. The van der Waals surface area contributed by atoms with E-state index in [2.05, 4.69) is 9.97 Å². The van der Waals surface area contributed by atoms with Crippen molar-refractivity contribution >= 4 is 16.9 Å². The average molecular weight is 381 g/mol. The number of hydrogen-bond donors (Lipinski definition) is 0. The van der Waals surface area contributed by atoms with Crippen LogP contribution in [-0.4, -0.2) is 47.1 Å². The third-order valence-electron chi connectivity index (χ3n) is 4.75. The fraction of sp³-hybridized carbons (Fsp3) is 0.300. The van der Waals surface area contributed by atoms with E-state index in [-0.39, 0.29) is 17.6 Å². The van der Waals surface area contributed by atoms with E-state index in [4.69, 9.17) is 13.9 Å². The van der Waals surface area contributed by atoms with Crippen molar-refractivity contribution in [2.75, 3.05) is 20.2 Å². The normalized spacial score (nSPS) is 14.8. The number of likely N-dealkylation sites (tertiary alicyclic amines) is 1. The predicted molar refractivity (Wildman–Crippen MR) is 101 cm³/mol. The molecule has 0 atom stereocenters. The van der Waals surface area contributed by atoms with Gasteiger partial charge in [0, 0.05) is 43.6 Å². The van der Waals surface area contributed by atoms with Crippen molar-refractivity contribution in [2.24, 2.45) is 0 Å². The van der Waals surface area contributed by atoms with Crippen molar-refractivity contribution < 1.29 is 18.7 Å². The van der Waals surface area contributed by atoms with E-state index >= 15 is 0 Å². The highest BCUT2D eigenvalue weighted by Crippen LogP contribution is 2.25. The number of nitrogens with zero attached hydrogens (tertiary/aromatic N) is 3. The SMILES string of the molecule is COc1cccc2cc(C(=O)N3CCC(Oc4ccncn4)CC3)c(=O)oc12. The molecule has 28 heavy (non-hydrogen) atoms. The fourth-order valence-corrected chi connectivity index (χ4v) is 3.29. The molecule has 1 amide bonds. The minimum atomic E-state index is -0.665. The van der Waals surface area contributed by atoms with Crippen molar-refractivity contribution in [3.8, 4) is 11.6 Å². The molecule has 1 aromatic carbocycles. The van der Waals surface area contributed by atoms with E-state index in [1.165, 1.54) is 13.4 Å². The molecule has 1 aliphatic rings. The zero-order chi connectivity index (χ0) is 19.5. The van der Waals surface area contributed by atoms with Crippen LogP contribution in [0.2, 0.25) is 0 Å². The first kappa shape index (κ1) is 18.0. The Morgan fingerprint density at radius 3 is 2.79 bits per heavy atom. The number of amides is 1. The number of methoxy groups -OCH3 is 1. The molecule has 0 radical (unpaired) electrons. The number of aromatic nitrogens is 2. The summed E-state index contributed by atoms with van der Waals surface area (Å²) in [6.45, 7) is 0.980. The quantitative estimate of drug-likeness (QED) is 0.640. The second-order valence-corrected chi connectivity index (χ2v) is 6.48. The molecule has 8 nitrogen and oxygen atoms in total. The van der Waals surface area contributed by atoms with Gasteiger partial charge in [-0.3, -0.25) is 4.79 Å². The van der Waals surface area contributed by atoms with Gasteiger partial charge in [0.25, 0.3) is 5.91 Å². The van der Waals surface area contributed by atoms with Crippen LogP contribution in [0.3, 0.4) is 0 Å². The van der Waals surface area contributed by atoms with Crippen molar-refractivity contribution in [3.05, 3.63) is 58.8 Å². The molecule has 0 saturated carbocycles. The highest BCUT2D eigenvalue weighted by Gasteiger charge is 2.27. The zero-order valence-corrected chi connectivity index (χ0v) is 15.3. The van der Waals surface area contributed by atoms with Crippen LogP contribution in [0.25, 0.3) is 11.0 Å². The lowest BCUT2D eigenvalue weighted by atomic mass is 10.1. The fourth-order valence-electron chi connectivity index (χ4n) is 3.29. The number of carbonyl (C=O) groups excluding carboxylic acids is 1. The molecule has 144 valence electrons. The lowest BCUT2D eigenvalue weighted by Gasteiger charge is -2.31. The highest BCUT2D eigenvalue weighted by atomic mass is 16.5. The van der Waals surface area contributed by atoms with Crippen molar-refractivity contribution in [3.63, 3.8) is 0 Å². The molecule has 3 aromatic rings. The summed E-state index contributed by atoms with van der Waals surface area (Å²) in [5, 5.41) is 0.643. The predicted octanol–water partition coefficient (Wildman–Crippen LogP) is 2.28. The smallest absolute Gasteiger partial charge is 0.349 e. The summed E-state index contributed by atoms with van der Waals surface area (Å²) < 4.78 is 16.4. The second-order valence-electron chi connectivity index (χ2n) is 6.48. The van der Waals surface area contributed by atoms with Gasteiger partial charge in [-0.2, -0.15) is 0 Å². The molecule has 0 N–H and O–H groups in total. The number of fused-ring (bicyclic) bond motifs is 1. The highest BCUT2D eigenvalue weighted by molar-refractivity contribution is 5.97. The average Bonchev–Trinajstić information content (AvgIpc) is 2.73. The first-order valence-corrected chi connectivity index (χ1v) is 8.98. The summed E-state index contributed by atoms with van der Waals surface area (Å²) in [7, 11) is 1.50. The van der Waals surface area contributed by atoms with Crippen LogP contribution >= 0.6 is 0 Å². The maximum atomic E-state index is 12.9. The van der Waals surface area contributed by atoms with Gasteiger partial charge in [0.1, 0.15) is 18.0 Å². The van der Waals surface area contributed by atoms with Gasteiger partial charge in [0.2, 0.25) is 5.88 Å². The molecular weight excluding hydrogens is 362 g/mol. The maximum Gasteiger partial charge on any atom is 0.349 e. The molecule has 0 spiro atoms. The van der Waals surface area contributed by atoms with Crippen LogP contribution in [0.15, 0.2) is 52.1 Å². The van der Waals surface area contributed by atoms with Gasteiger partial charge in [-0.25, -0.2) is 14.8 Å². The van der Waals surface area contributed by atoms with E-state index < -0.39 is 5.63 Å². The van der Waals surface area contributed by atoms with Gasteiger partial charge >= 0.3 is 5.63 Å². The van der Waals surface area contributed by atoms with Crippen LogP contribution in [0.5, 0.6) is 11.6 Å². The van der Waals surface area contributed by atoms with E-state index in [0.717, 1.165) is 0 Å².